The van der Waals surface area contributed by atoms with Gasteiger partial charge in [-0.25, -0.2) is 8.42 Å². The first kappa shape index (κ1) is 12.8. The highest BCUT2D eigenvalue weighted by Gasteiger charge is 2.44. The second kappa shape index (κ2) is 4.55. The van der Waals surface area contributed by atoms with Gasteiger partial charge in [0.2, 0.25) is 10.0 Å². The number of esters is 1. The number of sulfonamides is 1. The molecule has 1 saturated carbocycles. The van der Waals surface area contributed by atoms with Crippen LogP contribution in [0, 0.1) is 5.92 Å². The second-order valence-electron chi connectivity index (χ2n) is 4.89. The van der Waals surface area contributed by atoms with Crippen LogP contribution in [0.25, 0.3) is 0 Å². The van der Waals surface area contributed by atoms with E-state index in [2.05, 4.69) is 4.74 Å². The molecule has 1 saturated heterocycles. The van der Waals surface area contributed by atoms with Crippen LogP contribution in [0.3, 0.4) is 0 Å². The number of fused-ring (bicyclic) bond motifs is 2. The SMILES string of the molecule is COC(=O)CS(=O)(=O)N1CC2CC(N)CC1C2. The Labute approximate surface area is 101 Å². The predicted molar refractivity (Wildman–Crippen MR) is 61.6 cm³/mol. The molecule has 2 bridgehead atoms. The van der Waals surface area contributed by atoms with Crippen LogP contribution in [0.4, 0.5) is 0 Å². The van der Waals surface area contributed by atoms with E-state index in [0.717, 1.165) is 12.8 Å². The maximum absolute atomic E-state index is 12.0. The molecule has 0 amide bonds. The second-order valence-corrected chi connectivity index (χ2v) is 6.81. The van der Waals surface area contributed by atoms with Gasteiger partial charge in [0, 0.05) is 18.6 Å². The molecule has 17 heavy (non-hydrogen) atoms. The molecule has 2 rings (SSSR count). The molecule has 98 valence electrons. The number of carbonyl (C=O) groups is 1. The van der Waals surface area contributed by atoms with Gasteiger partial charge in [-0.1, -0.05) is 0 Å². The van der Waals surface area contributed by atoms with E-state index < -0.39 is 21.7 Å². The molecule has 0 radical (unpaired) electrons. The van der Waals surface area contributed by atoms with Crippen LogP contribution >= 0.6 is 0 Å². The number of hydrogen-bond acceptors (Lipinski definition) is 5. The maximum atomic E-state index is 12.0. The minimum absolute atomic E-state index is 0.0293. The third-order valence-corrected chi connectivity index (χ3v) is 5.31. The van der Waals surface area contributed by atoms with Gasteiger partial charge >= 0.3 is 5.97 Å². The van der Waals surface area contributed by atoms with E-state index in [0.29, 0.717) is 18.9 Å². The molecule has 0 aromatic rings. The molecule has 0 aromatic carbocycles. The van der Waals surface area contributed by atoms with Crippen molar-refractivity contribution in [1.82, 2.24) is 4.31 Å². The third-order valence-electron chi connectivity index (χ3n) is 3.55. The van der Waals surface area contributed by atoms with Crippen LogP contribution in [-0.4, -0.2) is 50.2 Å². The van der Waals surface area contributed by atoms with Gasteiger partial charge in [0.25, 0.3) is 0 Å². The van der Waals surface area contributed by atoms with Crippen LogP contribution in [0.5, 0.6) is 0 Å². The molecular weight excluding hydrogens is 244 g/mol. The topological polar surface area (TPSA) is 89.7 Å². The lowest BCUT2D eigenvalue weighted by Crippen LogP contribution is -2.41. The fourth-order valence-corrected chi connectivity index (χ4v) is 4.52. The van der Waals surface area contributed by atoms with Crippen molar-refractivity contribution in [3.63, 3.8) is 0 Å². The molecule has 1 aliphatic heterocycles. The fraction of sp³-hybridized carbons (Fsp3) is 0.900. The van der Waals surface area contributed by atoms with Gasteiger partial charge < -0.3 is 10.5 Å². The molecule has 1 aliphatic carbocycles. The quantitative estimate of drug-likeness (QED) is 0.679. The number of methoxy groups -OCH3 is 1. The van der Waals surface area contributed by atoms with E-state index >= 15 is 0 Å². The molecule has 2 N–H and O–H groups in total. The molecule has 3 unspecified atom stereocenters. The minimum Gasteiger partial charge on any atom is -0.468 e. The van der Waals surface area contributed by atoms with E-state index in [4.69, 9.17) is 5.73 Å². The van der Waals surface area contributed by atoms with Crippen LogP contribution < -0.4 is 5.73 Å². The lowest BCUT2D eigenvalue weighted by atomic mass is 9.87. The van der Waals surface area contributed by atoms with Crippen molar-refractivity contribution in [1.29, 1.82) is 0 Å². The van der Waals surface area contributed by atoms with E-state index in [9.17, 15) is 13.2 Å². The van der Waals surface area contributed by atoms with Crippen molar-refractivity contribution >= 4 is 16.0 Å². The Morgan fingerprint density at radius 3 is 2.76 bits per heavy atom. The van der Waals surface area contributed by atoms with Gasteiger partial charge in [-0.2, -0.15) is 4.31 Å². The van der Waals surface area contributed by atoms with Crippen molar-refractivity contribution in [2.75, 3.05) is 19.4 Å². The standard InChI is InChI=1S/C10H18N2O4S/c1-16-10(13)6-17(14,15)12-5-7-2-8(11)4-9(12)3-7/h7-9H,2-6,11H2,1H3. The van der Waals surface area contributed by atoms with E-state index in [1.807, 2.05) is 0 Å². The number of nitrogens with two attached hydrogens (primary N) is 1. The summed E-state index contributed by atoms with van der Waals surface area (Å²) in [4.78, 5) is 11.1. The molecule has 0 aromatic heterocycles. The summed E-state index contributed by atoms with van der Waals surface area (Å²) in [7, 11) is -2.36. The highest BCUT2D eigenvalue weighted by Crippen LogP contribution is 2.36. The highest BCUT2D eigenvalue weighted by atomic mass is 32.2. The zero-order valence-corrected chi connectivity index (χ0v) is 10.6. The molecule has 1 heterocycles. The summed E-state index contributed by atoms with van der Waals surface area (Å²) < 4.78 is 29.9. The van der Waals surface area contributed by atoms with Crippen molar-refractivity contribution in [2.24, 2.45) is 11.7 Å². The van der Waals surface area contributed by atoms with Crippen molar-refractivity contribution in [2.45, 2.75) is 31.3 Å². The number of carbonyl (C=O) groups excluding carboxylic acids is 1. The predicted octanol–water partition coefficient (Wildman–Crippen LogP) is -0.699. The van der Waals surface area contributed by atoms with Crippen molar-refractivity contribution < 1.29 is 17.9 Å². The number of nitrogens with zero attached hydrogens (tertiary/aromatic N) is 1. The fourth-order valence-electron chi connectivity index (χ4n) is 2.87. The first-order valence-corrected chi connectivity index (χ1v) is 7.35. The summed E-state index contributed by atoms with van der Waals surface area (Å²) >= 11 is 0. The Hall–Kier alpha value is -0.660. The first-order chi connectivity index (χ1) is 7.92. The monoisotopic (exact) mass is 262 g/mol. The van der Waals surface area contributed by atoms with E-state index in [1.165, 1.54) is 11.4 Å². The van der Waals surface area contributed by atoms with E-state index in [-0.39, 0.29) is 12.1 Å². The maximum Gasteiger partial charge on any atom is 0.322 e. The van der Waals surface area contributed by atoms with Crippen molar-refractivity contribution in [3.05, 3.63) is 0 Å². The van der Waals surface area contributed by atoms with Gasteiger partial charge in [0.05, 0.1) is 7.11 Å². The van der Waals surface area contributed by atoms with Gasteiger partial charge in [-0.15, -0.1) is 0 Å². The Morgan fingerprint density at radius 2 is 2.12 bits per heavy atom. The molecular formula is C10H18N2O4S. The lowest BCUT2D eigenvalue weighted by Gasteiger charge is -2.26. The average molecular weight is 262 g/mol. The number of rotatable bonds is 3. The Bertz CT molecular complexity index is 409. The summed E-state index contributed by atoms with van der Waals surface area (Å²) in [5.41, 5.74) is 5.88. The van der Waals surface area contributed by atoms with Crippen LogP contribution in [0.2, 0.25) is 0 Å². The first-order valence-electron chi connectivity index (χ1n) is 5.74. The molecule has 7 heteroatoms. The molecule has 2 fully saturated rings. The Balaban J connectivity index is 2.10. The summed E-state index contributed by atoms with van der Waals surface area (Å²) in [5, 5.41) is 0. The summed E-state index contributed by atoms with van der Waals surface area (Å²) in [5.74, 6) is -0.936. The van der Waals surface area contributed by atoms with Crippen LogP contribution in [0.15, 0.2) is 0 Å². The van der Waals surface area contributed by atoms with Gasteiger partial charge in [-0.3, -0.25) is 4.79 Å². The highest BCUT2D eigenvalue weighted by molar-refractivity contribution is 7.89. The number of hydrogen-bond donors (Lipinski definition) is 1. The van der Waals surface area contributed by atoms with E-state index in [1.54, 1.807) is 0 Å². The summed E-state index contributed by atoms with van der Waals surface area (Å²) in [6.45, 7) is 0.498. The normalized spacial score (nSPS) is 33.6. The van der Waals surface area contributed by atoms with Crippen molar-refractivity contribution in [3.8, 4) is 0 Å². The third kappa shape index (κ3) is 2.61. The smallest absolute Gasteiger partial charge is 0.322 e. The largest absolute Gasteiger partial charge is 0.468 e. The molecule has 2 aliphatic rings. The average Bonchev–Trinajstić information content (AvgIpc) is 2.54. The minimum atomic E-state index is -3.55. The summed E-state index contributed by atoms with van der Waals surface area (Å²) in [6.07, 6.45) is 2.44. The number of ether oxygens (including phenoxy) is 1. The van der Waals surface area contributed by atoms with Gasteiger partial charge in [-0.05, 0) is 25.2 Å². The molecule has 3 atom stereocenters. The zero-order valence-electron chi connectivity index (χ0n) is 9.83. The van der Waals surface area contributed by atoms with Crippen LogP contribution in [0.1, 0.15) is 19.3 Å². The summed E-state index contributed by atoms with van der Waals surface area (Å²) in [6, 6.07) is 0.0514. The zero-order chi connectivity index (χ0) is 12.6. The van der Waals surface area contributed by atoms with Crippen LogP contribution in [-0.2, 0) is 19.6 Å². The van der Waals surface area contributed by atoms with Gasteiger partial charge in [0.1, 0.15) is 0 Å². The van der Waals surface area contributed by atoms with Gasteiger partial charge in [0.15, 0.2) is 5.75 Å². The lowest BCUT2D eigenvalue weighted by molar-refractivity contribution is -0.137. The molecule has 0 spiro atoms. The Kier molecular flexibility index (Phi) is 3.42. The molecule has 6 nitrogen and oxygen atoms in total. The Morgan fingerprint density at radius 1 is 1.41 bits per heavy atom.